The number of piperidine rings is 1. The molecule has 1 aromatic rings. The smallest absolute Gasteiger partial charge is 0.0507 e. The zero-order valence-electron chi connectivity index (χ0n) is 10.4. The molecular formula is C14H22N2O. The van der Waals surface area contributed by atoms with Crippen LogP contribution in [0.15, 0.2) is 24.5 Å². The van der Waals surface area contributed by atoms with Gasteiger partial charge in [-0.3, -0.25) is 4.98 Å². The molecule has 1 atom stereocenters. The normalized spacial score (nSPS) is 20.4. The Morgan fingerprint density at radius 2 is 2.41 bits per heavy atom. The molecule has 94 valence electrons. The molecule has 0 saturated carbocycles. The van der Waals surface area contributed by atoms with E-state index in [1.165, 1.54) is 37.9 Å². The second-order valence-corrected chi connectivity index (χ2v) is 4.72. The van der Waals surface area contributed by atoms with Crippen molar-refractivity contribution < 1.29 is 4.74 Å². The van der Waals surface area contributed by atoms with E-state index < -0.39 is 0 Å². The van der Waals surface area contributed by atoms with Crippen molar-refractivity contribution >= 4 is 0 Å². The molecule has 2 rings (SSSR count). The largest absolute Gasteiger partial charge is 0.381 e. The van der Waals surface area contributed by atoms with Gasteiger partial charge in [-0.25, -0.2) is 0 Å². The van der Waals surface area contributed by atoms with Crippen molar-refractivity contribution in [3.05, 3.63) is 30.1 Å². The molecule has 0 radical (unpaired) electrons. The minimum Gasteiger partial charge on any atom is -0.381 e. The van der Waals surface area contributed by atoms with E-state index in [1.54, 1.807) is 6.20 Å². The number of nitrogens with one attached hydrogen (secondary N) is 1. The van der Waals surface area contributed by atoms with Crippen LogP contribution in [0.1, 0.15) is 24.8 Å². The average Bonchev–Trinajstić information content (AvgIpc) is 2.41. The minimum absolute atomic E-state index is 0.811. The molecule has 0 aliphatic carbocycles. The van der Waals surface area contributed by atoms with Crippen molar-refractivity contribution in [2.75, 3.05) is 26.3 Å². The van der Waals surface area contributed by atoms with Gasteiger partial charge in [0.25, 0.3) is 0 Å². The van der Waals surface area contributed by atoms with E-state index in [0.717, 1.165) is 25.6 Å². The summed E-state index contributed by atoms with van der Waals surface area (Å²) in [4.78, 5) is 4.09. The molecule has 1 aromatic heterocycles. The molecule has 0 amide bonds. The zero-order valence-corrected chi connectivity index (χ0v) is 10.4. The molecule has 0 spiro atoms. The van der Waals surface area contributed by atoms with Gasteiger partial charge < -0.3 is 10.1 Å². The quantitative estimate of drug-likeness (QED) is 0.765. The fraction of sp³-hybridized carbons (Fsp3) is 0.643. The van der Waals surface area contributed by atoms with Gasteiger partial charge in [-0.1, -0.05) is 6.07 Å². The number of nitrogens with zero attached hydrogens (tertiary/aromatic N) is 1. The van der Waals surface area contributed by atoms with Gasteiger partial charge in [0.05, 0.1) is 6.61 Å². The third-order valence-corrected chi connectivity index (χ3v) is 3.33. The highest BCUT2D eigenvalue weighted by atomic mass is 16.5. The third kappa shape index (κ3) is 4.84. The maximum absolute atomic E-state index is 5.68. The van der Waals surface area contributed by atoms with Crippen LogP contribution in [0.5, 0.6) is 0 Å². The molecule has 3 nitrogen and oxygen atoms in total. The van der Waals surface area contributed by atoms with Gasteiger partial charge in [0.1, 0.15) is 0 Å². The van der Waals surface area contributed by atoms with E-state index in [-0.39, 0.29) is 0 Å². The number of hydrogen-bond acceptors (Lipinski definition) is 3. The first kappa shape index (κ1) is 12.5. The highest BCUT2D eigenvalue weighted by Gasteiger charge is 2.11. The van der Waals surface area contributed by atoms with Crippen molar-refractivity contribution in [1.82, 2.24) is 10.3 Å². The van der Waals surface area contributed by atoms with Crippen LogP contribution in [0, 0.1) is 5.92 Å². The molecule has 0 bridgehead atoms. The Balaban J connectivity index is 1.51. The van der Waals surface area contributed by atoms with Crippen molar-refractivity contribution in [3.8, 4) is 0 Å². The van der Waals surface area contributed by atoms with Gasteiger partial charge in [-0.05, 0) is 56.3 Å². The Morgan fingerprint density at radius 1 is 1.41 bits per heavy atom. The molecule has 0 aromatic carbocycles. The van der Waals surface area contributed by atoms with Gasteiger partial charge in [0.2, 0.25) is 0 Å². The van der Waals surface area contributed by atoms with E-state index in [0.29, 0.717) is 0 Å². The Morgan fingerprint density at radius 3 is 3.18 bits per heavy atom. The van der Waals surface area contributed by atoms with Gasteiger partial charge >= 0.3 is 0 Å². The Labute approximate surface area is 104 Å². The summed E-state index contributed by atoms with van der Waals surface area (Å²) in [5.41, 5.74) is 1.26. The summed E-state index contributed by atoms with van der Waals surface area (Å²) in [5.74, 6) is 0.821. The lowest BCUT2D eigenvalue weighted by molar-refractivity contribution is 0.118. The van der Waals surface area contributed by atoms with Crippen LogP contribution >= 0.6 is 0 Å². The number of ether oxygens (including phenoxy) is 1. The average molecular weight is 234 g/mol. The first-order valence-electron chi connectivity index (χ1n) is 6.62. The Hall–Kier alpha value is -0.930. The highest BCUT2D eigenvalue weighted by Crippen LogP contribution is 2.13. The highest BCUT2D eigenvalue weighted by molar-refractivity contribution is 5.08. The lowest BCUT2D eigenvalue weighted by Gasteiger charge is -2.22. The van der Waals surface area contributed by atoms with Gasteiger partial charge in [0, 0.05) is 19.0 Å². The van der Waals surface area contributed by atoms with E-state index in [4.69, 9.17) is 4.74 Å². The predicted octanol–water partition coefficient (Wildman–Crippen LogP) is 2.03. The Kier molecular flexibility index (Phi) is 5.46. The lowest BCUT2D eigenvalue weighted by Crippen LogP contribution is -2.30. The Bertz CT molecular complexity index is 296. The molecule has 3 heteroatoms. The molecule has 1 aliphatic heterocycles. The predicted molar refractivity (Wildman–Crippen MR) is 69.0 cm³/mol. The molecule has 17 heavy (non-hydrogen) atoms. The SMILES string of the molecule is c1cncc(CCOCCC2CCCNC2)c1. The summed E-state index contributed by atoms with van der Waals surface area (Å²) >= 11 is 0. The number of hydrogen-bond donors (Lipinski definition) is 1. The van der Waals surface area contributed by atoms with Crippen molar-refractivity contribution in [2.45, 2.75) is 25.7 Å². The summed E-state index contributed by atoms with van der Waals surface area (Å²) in [6.45, 7) is 4.07. The number of aromatic nitrogens is 1. The van der Waals surface area contributed by atoms with Crippen molar-refractivity contribution in [3.63, 3.8) is 0 Å². The standard InChI is InChI=1S/C14H22N2O/c1-3-13(11-15-7-1)5-9-17-10-6-14-4-2-8-16-12-14/h1,3,7,11,14,16H,2,4-6,8-10,12H2. The van der Waals surface area contributed by atoms with E-state index >= 15 is 0 Å². The summed E-state index contributed by atoms with van der Waals surface area (Å²) in [7, 11) is 0. The minimum atomic E-state index is 0.811. The second-order valence-electron chi connectivity index (χ2n) is 4.72. The topological polar surface area (TPSA) is 34.1 Å². The number of rotatable bonds is 6. The van der Waals surface area contributed by atoms with Crippen LogP contribution < -0.4 is 5.32 Å². The molecule has 2 heterocycles. The molecule has 1 saturated heterocycles. The molecule has 1 unspecified atom stereocenters. The molecule has 1 aliphatic rings. The third-order valence-electron chi connectivity index (χ3n) is 3.33. The van der Waals surface area contributed by atoms with Crippen molar-refractivity contribution in [1.29, 1.82) is 0 Å². The van der Waals surface area contributed by atoms with Crippen LogP contribution in [-0.2, 0) is 11.2 Å². The maximum atomic E-state index is 5.68. The van der Waals surface area contributed by atoms with E-state index in [1.807, 2.05) is 12.3 Å². The second kappa shape index (κ2) is 7.41. The zero-order chi connectivity index (χ0) is 11.8. The summed E-state index contributed by atoms with van der Waals surface area (Å²) in [5, 5.41) is 3.44. The summed E-state index contributed by atoms with van der Waals surface area (Å²) in [6.07, 6.45) is 8.56. The van der Waals surface area contributed by atoms with E-state index in [2.05, 4.69) is 16.4 Å². The lowest BCUT2D eigenvalue weighted by atomic mass is 9.97. The summed E-state index contributed by atoms with van der Waals surface area (Å²) in [6, 6.07) is 4.07. The van der Waals surface area contributed by atoms with Crippen LogP contribution in [-0.4, -0.2) is 31.3 Å². The van der Waals surface area contributed by atoms with Gasteiger partial charge in [-0.15, -0.1) is 0 Å². The van der Waals surface area contributed by atoms with Gasteiger partial charge in [-0.2, -0.15) is 0 Å². The van der Waals surface area contributed by atoms with Gasteiger partial charge in [0.15, 0.2) is 0 Å². The maximum Gasteiger partial charge on any atom is 0.0507 e. The molecule has 1 N–H and O–H groups in total. The number of pyridine rings is 1. The fourth-order valence-electron chi connectivity index (χ4n) is 2.26. The van der Waals surface area contributed by atoms with Crippen LogP contribution in [0.25, 0.3) is 0 Å². The van der Waals surface area contributed by atoms with Crippen LogP contribution in [0.4, 0.5) is 0 Å². The van der Waals surface area contributed by atoms with Crippen LogP contribution in [0.3, 0.4) is 0 Å². The van der Waals surface area contributed by atoms with Crippen LogP contribution in [0.2, 0.25) is 0 Å². The first-order chi connectivity index (χ1) is 8.45. The van der Waals surface area contributed by atoms with E-state index in [9.17, 15) is 0 Å². The molecular weight excluding hydrogens is 212 g/mol. The first-order valence-corrected chi connectivity index (χ1v) is 6.62. The summed E-state index contributed by atoms with van der Waals surface area (Å²) < 4.78 is 5.68. The fourth-order valence-corrected chi connectivity index (χ4v) is 2.26. The monoisotopic (exact) mass is 234 g/mol. The molecule has 1 fully saturated rings. The van der Waals surface area contributed by atoms with Crippen molar-refractivity contribution in [2.24, 2.45) is 5.92 Å².